The minimum absolute atomic E-state index is 0.742. The molecule has 6 aromatic carbocycles. The summed E-state index contributed by atoms with van der Waals surface area (Å²) in [7, 11) is 0. The molecule has 0 aliphatic carbocycles. The van der Waals surface area contributed by atoms with Gasteiger partial charge in [0.1, 0.15) is 22.6 Å². The van der Waals surface area contributed by atoms with E-state index in [1.165, 1.54) is 0 Å². The summed E-state index contributed by atoms with van der Waals surface area (Å²) in [5, 5.41) is 16.1. The second kappa shape index (κ2) is 12.1. The van der Waals surface area contributed by atoms with Gasteiger partial charge in [0.2, 0.25) is 0 Å². The molecule has 0 saturated carbocycles. The van der Waals surface area contributed by atoms with E-state index in [1.54, 1.807) is 0 Å². The number of hydrogen-bond donors (Lipinski definition) is 0. The summed E-state index contributed by atoms with van der Waals surface area (Å²) in [6.07, 6.45) is 1.84. The number of fused-ring (bicyclic) bond motifs is 3. The fraction of sp³-hybridized carbons (Fsp3) is 0. The van der Waals surface area contributed by atoms with Crippen LogP contribution in [0.4, 0.5) is 0 Å². The SMILES string of the molecule is c1ccc(-c2cccc(-c3c(-c4ccccn4)ccc4oc5ccccc5c34)c2-c2nnnc(-c3ccccc3)c2-c2ccccc2)cc1. The van der Waals surface area contributed by atoms with E-state index in [0.717, 1.165) is 89.1 Å². The maximum atomic E-state index is 6.48. The molecule has 0 bridgehead atoms. The maximum absolute atomic E-state index is 6.48. The Hall–Kier alpha value is -6.72. The standard InChI is InChI=1S/C44H28N4O/c1-4-15-29(16-5-1)32-22-14-23-35(40-33(36-24-12-13-28-45-36)26-27-38-42(40)34-21-10-11-25-37(34)49-38)41(32)44-39(30-17-6-2-7-18-30)43(46-48-47-44)31-19-8-3-9-20-31/h1-28H. The summed E-state index contributed by atoms with van der Waals surface area (Å²) < 4.78 is 6.48. The molecule has 0 fully saturated rings. The summed E-state index contributed by atoms with van der Waals surface area (Å²) in [4.78, 5) is 4.84. The average Bonchev–Trinajstić information content (AvgIpc) is 3.57. The number of rotatable bonds is 6. The third-order valence-corrected chi connectivity index (χ3v) is 9.01. The fourth-order valence-corrected chi connectivity index (χ4v) is 6.88. The van der Waals surface area contributed by atoms with Crippen molar-refractivity contribution in [3.05, 3.63) is 170 Å². The van der Waals surface area contributed by atoms with Gasteiger partial charge in [0.15, 0.2) is 0 Å². The fourth-order valence-electron chi connectivity index (χ4n) is 6.88. The molecule has 0 unspecified atom stereocenters. The maximum Gasteiger partial charge on any atom is 0.136 e. The summed E-state index contributed by atoms with van der Waals surface area (Å²) in [6.45, 7) is 0. The number of nitrogens with zero attached hydrogens (tertiary/aromatic N) is 4. The van der Waals surface area contributed by atoms with E-state index in [2.05, 4.69) is 120 Å². The van der Waals surface area contributed by atoms with Gasteiger partial charge in [0, 0.05) is 44.8 Å². The van der Waals surface area contributed by atoms with Gasteiger partial charge in [-0.3, -0.25) is 4.98 Å². The van der Waals surface area contributed by atoms with Crippen LogP contribution in [0, 0.1) is 0 Å². The number of pyridine rings is 1. The van der Waals surface area contributed by atoms with Gasteiger partial charge in [-0.2, -0.15) is 0 Å². The van der Waals surface area contributed by atoms with Gasteiger partial charge in [0.25, 0.3) is 0 Å². The molecule has 49 heavy (non-hydrogen) atoms. The Morgan fingerprint density at radius 3 is 1.80 bits per heavy atom. The summed E-state index contributed by atoms with van der Waals surface area (Å²) in [6, 6.07) is 55.9. The third-order valence-electron chi connectivity index (χ3n) is 9.01. The molecule has 0 aliphatic heterocycles. The molecule has 5 nitrogen and oxygen atoms in total. The van der Waals surface area contributed by atoms with Crippen LogP contribution in [-0.2, 0) is 0 Å². The molecule has 9 rings (SSSR count). The molecule has 0 radical (unpaired) electrons. The normalized spacial score (nSPS) is 11.3. The Kier molecular flexibility index (Phi) is 7.06. The predicted octanol–water partition coefficient (Wildman–Crippen LogP) is 11.2. The van der Waals surface area contributed by atoms with Crippen LogP contribution in [0.25, 0.3) is 89.1 Å². The first-order valence-corrected chi connectivity index (χ1v) is 16.2. The number of furan rings is 1. The van der Waals surface area contributed by atoms with Gasteiger partial charge >= 0.3 is 0 Å². The lowest BCUT2D eigenvalue weighted by atomic mass is 9.83. The van der Waals surface area contributed by atoms with Gasteiger partial charge in [0.05, 0.1) is 5.69 Å². The van der Waals surface area contributed by atoms with E-state index < -0.39 is 0 Å². The molecule has 9 aromatic rings. The molecular formula is C44H28N4O. The van der Waals surface area contributed by atoms with Crippen LogP contribution in [0.3, 0.4) is 0 Å². The number of benzene rings is 6. The zero-order valence-corrected chi connectivity index (χ0v) is 26.4. The van der Waals surface area contributed by atoms with Crippen molar-refractivity contribution in [2.24, 2.45) is 0 Å². The Bertz CT molecular complexity index is 2580. The molecule has 0 saturated heterocycles. The zero-order chi connectivity index (χ0) is 32.6. The summed E-state index contributed by atoms with van der Waals surface area (Å²) >= 11 is 0. The van der Waals surface area contributed by atoms with Gasteiger partial charge in [-0.25, -0.2) is 0 Å². The Labute approximate surface area is 283 Å². The Morgan fingerprint density at radius 1 is 0.388 bits per heavy atom. The van der Waals surface area contributed by atoms with E-state index >= 15 is 0 Å². The number of aromatic nitrogens is 4. The van der Waals surface area contributed by atoms with Crippen molar-refractivity contribution < 1.29 is 4.42 Å². The quantitative estimate of drug-likeness (QED) is 0.183. The van der Waals surface area contributed by atoms with Crippen LogP contribution in [-0.4, -0.2) is 20.4 Å². The second-order valence-corrected chi connectivity index (χ2v) is 11.9. The van der Waals surface area contributed by atoms with Crippen LogP contribution in [0.2, 0.25) is 0 Å². The van der Waals surface area contributed by atoms with Crippen molar-refractivity contribution in [3.8, 4) is 67.2 Å². The number of para-hydroxylation sites is 1. The van der Waals surface area contributed by atoms with Crippen molar-refractivity contribution in [3.63, 3.8) is 0 Å². The topological polar surface area (TPSA) is 64.7 Å². The lowest BCUT2D eigenvalue weighted by Crippen LogP contribution is -2.03. The molecule has 0 N–H and O–H groups in total. The van der Waals surface area contributed by atoms with Crippen molar-refractivity contribution in [1.82, 2.24) is 20.4 Å². The van der Waals surface area contributed by atoms with E-state index in [0.29, 0.717) is 0 Å². The van der Waals surface area contributed by atoms with Gasteiger partial charge in [-0.15, -0.1) is 10.2 Å². The highest BCUT2D eigenvalue weighted by Crippen LogP contribution is 2.50. The van der Waals surface area contributed by atoms with Crippen LogP contribution < -0.4 is 0 Å². The van der Waals surface area contributed by atoms with E-state index in [4.69, 9.17) is 14.5 Å². The molecule has 0 spiro atoms. The van der Waals surface area contributed by atoms with Crippen molar-refractivity contribution in [2.45, 2.75) is 0 Å². The lowest BCUT2D eigenvalue weighted by Gasteiger charge is -2.21. The van der Waals surface area contributed by atoms with Gasteiger partial charge < -0.3 is 4.42 Å². The summed E-state index contributed by atoms with van der Waals surface area (Å²) in [5.74, 6) is 0. The van der Waals surface area contributed by atoms with Crippen LogP contribution >= 0.6 is 0 Å². The van der Waals surface area contributed by atoms with Gasteiger partial charge in [-0.05, 0) is 57.8 Å². The Morgan fingerprint density at radius 2 is 1.04 bits per heavy atom. The molecule has 0 amide bonds. The van der Waals surface area contributed by atoms with Crippen LogP contribution in [0.1, 0.15) is 0 Å². The minimum Gasteiger partial charge on any atom is -0.456 e. The van der Waals surface area contributed by atoms with E-state index in [-0.39, 0.29) is 0 Å². The first-order valence-electron chi connectivity index (χ1n) is 16.2. The summed E-state index contributed by atoms with van der Waals surface area (Å²) in [5.41, 5.74) is 13.0. The van der Waals surface area contributed by atoms with Crippen molar-refractivity contribution in [2.75, 3.05) is 0 Å². The minimum atomic E-state index is 0.742. The van der Waals surface area contributed by atoms with Crippen LogP contribution in [0.5, 0.6) is 0 Å². The first-order chi connectivity index (χ1) is 24.3. The lowest BCUT2D eigenvalue weighted by molar-refractivity contribution is 0.669. The molecule has 3 heterocycles. The Balaban J connectivity index is 1.47. The molecule has 230 valence electrons. The highest BCUT2D eigenvalue weighted by Gasteiger charge is 2.27. The molecule has 5 heteroatoms. The zero-order valence-electron chi connectivity index (χ0n) is 26.4. The average molecular weight is 629 g/mol. The molecular weight excluding hydrogens is 601 g/mol. The van der Waals surface area contributed by atoms with Crippen molar-refractivity contribution >= 4 is 21.9 Å². The molecule has 0 aliphatic rings. The largest absolute Gasteiger partial charge is 0.456 e. The van der Waals surface area contributed by atoms with Crippen molar-refractivity contribution in [1.29, 1.82) is 0 Å². The van der Waals surface area contributed by atoms with Gasteiger partial charge in [-0.1, -0.05) is 133 Å². The predicted molar refractivity (Wildman–Crippen MR) is 198 cm³/mol. The third kappa shape index (κ3) is 4.96. The monoisotopic (exact) mass is 628 g/mol. The highest BCUT2D eigenvalue weighted by atomic mass is 16.3. The number of hydrogen-bond acceptors (Lipinski definition) is 5. The van der Waals surface area contributed by atoms with E-state index in [1.807, 2.05) is 60.8 Å². The van der Waals surface area contributed by atoms with Crippen LogP contribution in [0.15, 0.2) is 174 Å². The second-order valence-electron chi connectivity index (χ2n) is 11.9. The molecule has 3 aromatic heterocycles. The highest BCUT2D eigenvalue weighted by molar-refractivity contribution is 6.18. The molecule has 0 atom stereocenters. The smallest absolute Gasteiger partial charge is 0.136 e. The van der Waals surface area contributed by atoms with E-state index in [9.17, 15) is 0 Å². The first kappa shape index (κ1) is 28.5.